The van der Waals surface area contributed by atoms with Crippen LogP contribution in [0.4, 0.5) is 0 Å². The van der Waals surface area contributed by atoms with E-state index in [9.17, 15) is 0 Å². The molecule has 0 spiro atoms. The van der Waals surface area contributed by atoms with E-state index in [1.54, 1.807) is 14.2 Å². The van der Waals surface area contributed by atoms with E-state index in [4.69, 9.17) is 19.5 Å². The number of hydrogen-bond donors (Lipinski definition) is 0. The number of aliphatic imine (C=N–C) groups is 2. The second kappa shape index (κ2) is 6.11. The second-order valence-electron chi connectivity index (χ2n) is 6.35. The van der Waals surface area contributed by atoms with Gasteiger partial charge < -0.3 is 9.47 Å². The quantitative estimate of drug-likeness (QED) is 0.861. The highest BCUT2D eigenvalue weighted by molar-refractivity contribution is 5.94. The predicted octanol–water partition coefficient (Wildman–Crippen LogP) is 2.82. The molecule has 2 aliphatic rings. The van der Waals surface area contributed by atoms with Crippen molar-refractivity contribution in [2.75, 3.05) is 14.2 Å². The van der Waals surface area contributed by atoms with Crippen molar-refractivity contribution in [2.24, 2.45) is 15.9 Å². The molecule has 0 aromatic heterocycles. The Hall–Kier alpha value is -1.84. The first-order chi connectivity index (χ1) is 10.6. The van der Waals surface area contributed by atoms with Gasteiger partial charge in [-0.1, -0.05) is 32.0 Å². The SMILES string of the molecule is COC1=N[C@H](C(C)C)C(OC)=N[C@H]1Cc1ccc2c(c1)CC2. The molecule has 0 saturated carbocycles. The number of rotatable bonds is 3. The van der Waals surface area contributed by atoms with Gasteiger partial charge in [0.05, 0.1) is 14.2 Å². The lowest BCUT2D eigenvalue weighted by Crippen LogP contribution is -2.38. The molecule has 1 aromatic carbocycles. The summed E-state index contributed by atoms with van der Waals surface area (Å²) in [5.74, 6) is 1.76. The number of nitrogens with zero attached hydrogens (tertiary/aromatic N) is 2. The van der Waals surface area contributed by atoms with Gasteiger partial charge >= 0.3 is 0 Å². The van der Waals surface area contributed by atoms with E-state index >= 15 is 0 Å². The van der Waals surface area contributed by atoms with E-state index in [-0.39, 0.29) is 12.1 Å². The molecule has 0 bridgehead atoms. The second-order valence-corrected chi connectivity index (χ2v) is 6.35. The molecule has 3 rings (SSSR count). The summed E-state index contributed by atoms with van der Waals surface area (Å²) in [5.41, 5.74) is 4.24. The van der Waals surface area contributed by atoms with Crippen LogP contribution in [0.2, 0.25) is 0 Å². The van der Waals surface area contributed by atoms with Crippen LogP contribution < -0.4 is 0 Å². The molecule has 0 amide bonds. The molecule has 0 radical (unpaired) electrons. The first kappa shape index (κ1) is 15.1. The third kappa shape index (κ3) is 2.74. The molecule has 1 aliphatic heterocycles. The van der Waals surface area contributed by atoms with Gasteiger partial charge in [0.15, 0.2) is 0 Å². The van der Waals surface area contributed by atoms with Gasteiger partial charge in [-0.3, -0.25) is 0 Å². The molecule has 0 saturated heterocycles. The number of fused-ring (bicyclic) bond motifs is 1. The summed E-state index contributed by atoms with van der Waals surface area (Å²) < 4.78 is 11.0. The highest BCUT2D eigenvalue weighted by Gasteiger charge is 2.31. The van der Waals surface area contributed by atoms with Crippen LogP contribution in [0, 0.1) is 5.92 Å². The van der Waals surface area contributed by atoms with Crippen LogP contribution in [0.15, 0.2) is 28.2 Å². The van der Waals surface area contributed by atoms with Crippen LogP contribution in [-0.2, 0) is 28.7 Å². The minimum absolute atomic E-state index is 0.0481. The fourth-order valence-corrected chi connectivity index (χ4v) is 3.09. The van der Waals surface area contributed by atoms with Crippen LogP contribution in [0.1, 0.15) is 30.5 Å². The molecule has 118 valence electrons. The van der Waals surface area contributed by atoms with Gasteiger partial charge in [0.1, 0.15) is 12.1 Å². The van der Waals surface area contributed by atoms with E-state index in [0.717, 1.165) is 6.42 Å². The van der Waals surface area contributed by atoms with Gasteiger partial charge in [-0.25, -0.2) is 9.98 Å². The zero-order valence-corrected chi connectivity index (χ0v) is 13.8. The van der Waals surface area contributed by atoms with Crippen molar-refractivity contribution in [3.8, 4) is 0 Å². The fraction of sp³-hybridized carbons (Fsp3) is 0.556. The van der Waals surface area contributed by atoms with E-state index in [1.807, 2.05) is 0 Å². The third-order valence-corrected chi connectivity index (χ3v) is 4.50. The molecule has 0 N–H and O–H groups in total. The Morgan fingerprint density at radius 1 is 1.05 bits per heavy atom. The van der Waals surface area contributed by atoms with E-state index in [1.165, 1.54) is 29.5 Å². The summed E-state index contributed by atoms with van der Waals surface area (Å²) in [6.07, 6.45) is 3.21. The van der Waals surface area contributed by atoms with Crippen LogP contribution in [-0.4, -0.2) is 38.1 Å². The summed E-state index contributed by atoms with van der Waals surface area (Å²) in [4.78, 5) is 9.48. The Kier molecular flexibility index (Phi) is 4.19. The summed E-state index contributed by atoms with van der Waals surface area (Å²) in [5, 5.41) is 0. The smallest absolute Gasteiger partial charge is 0.209 e. The minimum Gasteiger partial charge on any atom is -0.483 e. The molecule has 1 aromatic rings. The summed E-state index contributed by atoms with van der Waals surface area (Å²) in [6, 6.07) is 6.59. The molecule has 4 heteroatoms. The van der Waals surface area contributed by atoms with Crippen molar-refractivity contribution < 1.29 is 9.47 Å². The first-order valence-corrected chi connectivity index (χ1v) is 7.96. The molecule has 1 aliphatic carbocycles. The maximum Gasteiger partial charge on any atom is 0.209 e. The van der Waals surface area contributed by atoms with Crippen LogP contribution in [0.5, 0.6) is 0 Å². The van der Waals surface area contributed by atoms with Gasteiger partial charge in [0.2, 0.25) is 11.8 Å². The van der Waals surface area contributed by atoms with Gasteiger partial charge in [0, 0.05) is 6.42 Å². The van der Waals surface area contributed by atoms with Gasteiger partial charge in [-0.15, -0.1) is 0 Å². The molecule has 4 nitrogen and oxygen atoms in total. The van der Waals surface area contributed by atoms with Gasteiger partial charge in [-0.2, -0.15) is 0 Å². The third-order valence-electron chi connectivity index (χ3n) is 4.50. The van der Waals surface area contributed by atoms with Crippen molar-refractivity contribution in [2.45, 2.75) is 45.2 Å². The van der Waals surface area contributed by atoms with Crippen LogP contribution in [0.3, 0.4) is 0 Å². The van der Waals surface area contributed by atoms with Crippen LogP contribution >= 0.6 is 0 Å². The Balaban J connectivity index is 1.83. The Morgan fingerprint density at radius 3 is 2.32 bits per heavy atom. The lowest BCUT2D eigenvalue weighted by Gasteiger charge is -2.27. The molecule has 1 heterocycles. The largest absolute Gasteiger partial charge is 0.483 e. The number of methoxy groups -OCH3 is 2. The van der Waals surface area contributed by atoms with E-state index in [0.29, 0.717) is 17.7 Å². The zero-order chi connectivity index (χ0) is 15.7. The van der Waals surface area contributed by atoms with Crippen LogP contribution in [0.25, 0.3) is 0 Å². The molecule has 0 unspecified atom stereocenters. The molecular formula is C18H24N2O2. The minimum atomic E-state index is -0.0897. The van der Waals surface area contributed by atoms with Crippen molar-refractivity contribution in [3.05, 3.63) is 34.9 Å². The predicted molar refractivity (Wildman–Crippen MR) is 88.9 cm³/mol. The molecule has 0 fully saturated rings. The Labute approximate surface area is 132 Å². The van der Waals surface area contributed by atoms with Crippen molar-refractivity contribution in [1.29, 1.82) is 0 Å². The van der Waals surface area contributed by atoms with E-state index < -0.39 is 0 Å². The highest BCUT2D eigenvalue weighted by Crippen LogP contribution is 2.25. The number of hydrogen-bond acceptors (Lipinski definition) is 4. The lowest BCUT2D eigenvalue weighted by molar-refractivity contribution is 0.332. The summed E-state index contributed by atoms with van der Waals surface area (Å²) in [7, 11) is 3.35. The highest BCUT2D eigenvalue weighted by atomic mass is 16.5. The fourth-order valence-electron chi connectivity index (χ4n) is 3.09. The monoisotopic (exact) mass is 300 g/mol. The standard InChI is InChI=1S/C18H24N2O2/c1-11(2)16-18(22-4)19-15(17(20-16)21-3)10-12-5-6-13-7-8-14(13)9-12/h5-6,9,11,15-16H,7-8,10H2,1-4H3/t15-,16+/m0/s1. The Bertz CT molecular complexity index is 620. The van der Waals surface area contributed by atoms with Crippen molar-refractivity contribution >= 4 is 11.8 Å². The first-order valence-electron chi connectivity index (χ1n) is 7.96. The lowest BCUT2D eigenvalue weighted by atomic mass is 9.86. The van der Waals surface area contributed by atoms with Crippen molar-refractivity contribution in [1.82, 2.24) is 0 Å². The summed E-state index contributed by atoms with van der Waals surface area (Å²) in [6.45, 7) is 4.24. The Morgan fingerprint density at radius 2 is 1.77 bits per heavy atom. The van der Waals surface area contributed by atoms with E-state index in [2.05, 4.69) is 32.0 Å². The zero-order valence-electron chi connectivity index (χ0n) is 13.8. The van der Waals surface area contributed by atoms with Gasteiger partial charge in [-0.05, 0) is 35.4 Å². The summed E-state index contributed by atoms with van der Waals surface area (Å²) >= 11 is 0. The molecule has 2 atom stereocenters. The maximum absolute atomic E-state index is 5.50. The number of aryl methyl sites for hydroxylation is 2. The topological polar surface area (TPSA) is 43.2 Å². The molecular weight excluding hydrogens is 276 g/mol. The molecule has 22 heavy (non-hydrogen) atoms. The van der Waals surface area contributed by atoms with Crippen molar-refractivity contribution in [3.63, 3.8) is 0 Å². The number of ether oxygens (including phenoxy) is 2. The average Bonchev–Trinajstić information content (AvgIpc) is 2.49. The van der Waals surface area contributed by atoms with Gasteiger partial charge in [0.25, 0.3) is 0 Å². The maximum atomic E-state index is 5.50. The normalized spacial score (nSPS) is 23.3. The average molecular weight is 300 g/mol. The number of benzene rings is 1.